The number of fused-ring (bicyclic) bond motifs is 3. The quantitative estimate of drug-likeness (QED) is 0.504. The first kappa shape index (κ1) is 26.0. The van der Waals surface area contributed by atoms with Crippen molar-refractivity contribution >= 4 is 23.4 Å². The van der Waals surface area contributed by atoms with Crippen molar-refractivity contribution in [2.24, 2.45) is 5.92 Å². The van der Waals surface area contributed by atoms with Crippen LogP contribution in [0.5, 0.6) is 11.5 Å². The maximum Gasteiger partial charge on any atom is 0.573 e. The predicted molar refractivity (Wildman–Crippen MR) is 121 cm³/mol. The lowest BCUT2D eigenvalue weighted by molar-refractivity contribution is -0.274. The molecule has 2 amide bonds. The van der Waals surface area contributed by atoms with Gasteiger partial charge in [-0.05, 0) is 62.3 Å². The van der Waals surface area contributed by atoms with Crippen LogP contribution in [0.25, 0.3) is 0 Å². The predicted octanol–water partition coefficient (Wildman–Crippen LogP) is 4.79. The molecule has 3 saturated carbocycles. The van der Waals surface area contributed by atoms with E-state index in [4.69, 9.17) is 16.3 Å². The first-order chi connectivity index (χ1) is 16.9. The van der Waals surface area contributed by atoms with Gasteiger partial charge in [0.25, 0.3) is 11.8 Å². The zero-order chi connectivity index (χ0) is 26.1. The van der Waals surface area contributed by atoms with Crippen LogP contribution in [-0.4, -0.2) is 40.8 Å². The number of ether oxygens (including phenoxy) is 2. The Morgan fingerprint density at radius 1 is 1.11 bits per heavy atom. The molecule has 1 aromatic carbocycles. The lowest BCUT2D eigenvalue weighted by atomic mass is 9.56. The van der Waals surface area contributed by atoms with Crippen molar-refractivity contribution in [2.45, 2.75) is 56.5 Å². The number of aromatic nitrogens is 1. The van der Waals surface area contributed by atoms with Gasteiger partial charge in [0.1, 0.15) is 23.0 Å². The molecule has 0 unspecified atom stereocenters. The first-order valence-corrected chi connectivity index (χ1v) is 11.7. The molecule has 5 rings (SSSR count). The number of carbonyl (C=O) groups excluding carboxylic acids is 2. The molecule has 2 bridgehead atoms. The topological polar surface area (TPSA) is 89.5 Å². The van der Waals surface area contributed by atoms with Gasteiger partial charge in [0.2, 0.25) is 0 Å². The fourth-order valence-corrected chi connectivity index (χ4v) is 5.24. The number of rotatable bonds is 7. The minimum absolute atomic E-state index is 0.0157. The first-order valence-electron chi connectivity index (χ1n) is 11.3. The molecule has 2 aromatic rings. The SMILES string of the molecule is C[C@H]1CC2(NC(=O)c3ccc(OC(F)(F)F)cn3)CCC1(NC(=O)COc1ccc(Cl)c(F)c1)CC2. The van der Waals surface area contributed by atoms with E-state index in [1.165, 1.54) is 18.2 Å². The number of nitrogens with zero attached hydrogens (tertiary/aromatic N) is 1. The van der Waals surface area contributed by atoms with Crippen LogP contribution in [0.4, 0.5) is 17.6 Å². The van der Waals surface area contributed by atoms with Gasteiger partial charge in [-0.3, -0.25) is 9.59 Å². The summed E-state index contributed by atoms with van der Waals surface area (Å²) in [6.07, 6.45) is -0.900. The number of hydrogen-bond acceptors (Lipinski definition) is 5. The fourth-order valence-electron chi connectivity index (χ4n) is 5.12. The van der Waals surface area contributed by atoms with Gasteiger partial charge in [-0.25, -0.2) is 9.37 Å². The lowest BCUT2D eigenvalue weighted by Crippen LogP contribution is -2.67. The van der Waals surface area contributed by atoms with E-state index in [0.29, 0.717) is 32.1 Å². The molecular weight excluding hydrogens is 506 g/mol. The molecule has 2 N–H and O–H groups in total. The zero-order valence-electron chi connectivity index (χ0n) is 19.3. The molecule has 194 valence electrons. The lowest BCUT2D eigenvalue weighted by Gasteiger charge is -2.57. The van der Waals surface area contributed by atoms with Crippen molar-refractivity contribution in [3.8, 4) is 11.5 Å². The van der Waals surface area contributed by atoms with E-state index in [2.05, 4.69) is 20.4 Å². The number of amides is 2. The van der Waals surface area contributed by atoms with Crippen LogP contribution in [0.3, 0.4) is 0 Å². The van der Waals surface area contributed by atoms with Crippen LogP contribution >= 0.6 is 11.6 Å². The number of nitrogens with one attached hydrogen (secondary N) is 2. The molecule has 1 atom stereocenters. The Balaban J connectivity index is 1.32. The number of carbonyl (C=O) groups is 2. The number of pyridine rings is 1. The summed E-state index contributed by atoms with van der Waals surface area (Å²) in [6, 6.07) is 6.16. The molecule has 12 heteroatoms. The largest absolute Gasteiger partial charge is 0.573 e. The van der Waals surface area contributed by atoms with Gasteiger partial charge in [-0.2, -0.15) is 0 Å². The Bertz CT molecular complexity index is 1140. The summed E-state index contributed by atoms with van der Waals surface area (Å²) in [4.78, 5) is 29.2. The third-order valence-corrected chi connectivity index (χ3v) is 7.28. The van der Waals surface area contributed by atoms with Gasteiger partial charge in [0, 0.05) is 17.1 Å². The van der Waals surface area contributed by atoms with Gasteiger partial charge in [-0.15, -0.1) is 13.2 Å². The van der Waals surface area contributed by atoms with Crippen molar-refractivity contribution in [3.63, 3.8) is 0 Å². The molecule has 1 heterocycles. The van der Waals surface area contributed by atoms with Crippen molar-refractivity contribution in [2.75, 3.05) is 6.61 Å². The number of benzene rings is 1. The highest BCUT2D eigenvalue weighted by atomic mass is 35.5. The summed E-state index contributed by atoms with van der Waals surface area (Å²) in [5.41, 5.74) is -0.964. The highest BCUT2D eigenvalue weighted by Gasteiger charge is 2.54. The van der Waals surface area contributed by atoms with E-state index in [9.17, 15) is 27.2 Å². The van der Waals surface area contributed by atoms with Gasteiger partial charge in [0.15, 0.2) is 6.61 Å². The van der Waals surface area contributed by atoms with Crippen LogP contribution in [-0.2, 0) is 4.79 Å². The second-order valence-electron chi connectivity index (χ2n) is 9.34. The van der Waals surface area contributed by atoms with Gasteiger partial charge in [0.05, 0.1) is 11.2 Å². The van der Waals surface area contributed by atoms with E-state index in [0.717, 1.165) is 18.3 Å². The average molecular weight is 530 g/mol. The molecule has 36 heavy (non-hydrogen) atoms. The summed E-state index contributed by atoms with van der Waals surface area (Å²) in [7, 11) is 0. The smallest absolute Gasteiger partial charge is 0.484 e. The third kappa shape index (κ3) is 5.83. The maximum atomic E-state index is 13.6. The summed E-state index contributed by atoms with van der Waals surface area (Å²) in [5, 5.41) is 6.05. The monoisotopic (exact) mass is 529 g/mol. The average Bonchev–Trinajstić information content (AvgIpc) is 2.80. The number of alkyl halides is 3. The van der Waals surface area contributed by atoms with Crippen LogP contribution < -0.4 is 20.1 Å². The molecule has 3 fully saturated rings. The molecule has 7 nitrogen and oxygen atoms in total. The fraction of sp³-hybridized carbons (Fsp3) is 0.458. The normalized spacial score (nSPS) is 25.2. The van der Waals surface area contributed by atoms with Crippen LogP contribution in [0.1, 0.15) is 49.5 Å². The second-order valence-corrected chi connectivity index (χ2v) is 9.74. The zero-order valence-corrected chi connectivity index (χ0v) is 20.0. The Morgan fingerprint density at radius 2 is 1.81 bits per heavy atom. The highest BCUT2D eigenvalue weighted by molar-refractivity contribution is 6.30. The van der Waals surface area contributed by atoms with Crippen molar-refractivity contribution in [3.05, 3.63) is 53.1 Å². The van der Waals surface area contributed by atoms with Crippen LogP contribution in [0.2, 0.25) is 5.02 Å². The highest BCUT2D eigenvalue weighted by Crippen LogP contribution is 2.50. The molecule has 0 saturated heterocycles. The van der Waals surface area contributed by atoms with Crippen LogP contribution in [0.15, 0.2) is 36.5 Å². The maximum absolute atomic E-state index is 13.6. The van der Waals surface area contributed by atoms with Crippen LogP contribution in [0, 0.1) is 11.7 Å². The number of halogens is 5. The minimum atomic E-state index is -4.84. The molecule has 1 aromatic heterocycles. The van der Waals surface area contributed by atoms with E-state index in [1.54, 1.807) is 0 Å². The van der Waals surface area contributed by atoms with E-state index in [1.807, 2.05) is 6.92 Å². The number of hydrogen-bond donors (Lipinski definition) is 2. The van der Waals surface area contributed by atoms with Crippen molar-refractivity contribution in [1.82, 2.24) is 15.6 Å². The Labute approximate surface area is 209 Å². The van der Waals surface area contributed by atoms with E-state index in [-0.39, 0.29) is 34.9 Å². The Kier molecular flexibility index (Phi) is 7.05. The van der Waals surface area contributed by atoms with Crippen molar-refractivity contribution in [1.29, 1.82) is 0 Å². The third-order valence-electron chi connectivity index (χ3n) is 6.97. The second kappa shape index (κ2) is 9.76. The van der Waals surface area contributed by atoms with E-state index < -0.39 is 34.9 Å². The molecular formula is C24H24ClF4N3O4. The Hall–Kier alpha value is -3.08. The summed E-state index contributed by atoms with van der Waals surface area (Å²) in [6.45, 7) is 1.72. The molecule has 0 aliphatic heterocycles. The molecule has 0 spiro atoms. The standard InChI is InChI=1S/C24H24ClF4N3O4/c1-14-11-22(32-21(34)19-5-3-16(12-30-19)36-24(27,28)29)6-8-23(14,9-7-22)31-20(33)13-35-15-2-4-17(25)18(26)10-15/h2-5,10,12,14H,6-9,11,13H2,1H3,(H,31,33)(H,32,34)/t14-,22?,23?/m0/s1. The molecule has 3 aliphatic carbocycles. The molecule has 3 aliphatic rings. The van der Waals surface area contributed by atoms with Crippen molar-refractivity contribution < 1.29 is 36.6 Å². The molecule has 0 radical (unpaired) electrons. The Morgan fingerprint density at radius 3 is 2.39 bits per heavy atom. The minimum Gasteiger partial charge on any atom is -0.484 e. The van der Waals surface area contributed by atoms with E-state index >= 15 is 0 Å². The van der Waals surface area contributed by atoms with Gasteiger partial charge < -0.3 is 20.1 Å². The van der Waals surface area contributed by atoms with Gasteiger partial charge in [-0.1, -0.05) is 18.5 Å². The summed E-state index contributed by atoms with van der Waals surface area (Å²) >= 11 is 5.65. The summed E-state index contributed by atoms with van der Waals surface area (Å²) in [5.74, 6) is -1.73. The summed E-state index contributed by atoms with van der Waals surface area (Å²) < 4.78 is 59.7. The van der Waals surface area contributed by atoms with Gasteiger partial charge >= 0.3 is 6.36 Å².